The second kappa shape index (κ2) is 12.1. The first-order valence-corrected chi connectivity index (χ1v) is 14.8. The summed E-state index contributed by atoms with van der Waals surface area (Å²) in [5.41, 5.74) is -3.75. The van der Waals surface area contributed by atoms with Crippen LogP contribution in [0.5, 0.6) is 5.75 Å². The highest BCUT2D eigenvalue weighted by atomic mass is 32.2. The predicted octanol–water partition coefficient (Wildman–Crippen LogP) is 6.59. The maximum Gasteiger partial charge on any atom is 0.446 e. The molecule has 0 heterocycles. The van der Waals surface area contributed by atoms with Crippen LogP contribution in [-0.4, -0.2) is 41.6 Å². The van der Waals surface area contributed by atoms with Gasteiger partial charge in [0.05, 0.1) is 24.5 Å². The number of anilines is 1. The third-order valence-electron chi connectivity index (χ3n) is 8.93. The Labute approximate surface area is 244 Å². The Hall–Kier alpha value is -3.28. The molecule has 0 saturated heterocycles. The van der Waals surface area contributed by atoms with Crippen molar-refractivity contribution in [3.05, 3.63) is 53.3 Å². The summed E-state index contributed by atoms with van der Waals surface area (Å²) in [6.07, 6.45) is 4.19. The third-order valence-corrected chi connectivity index (χ3v) is 9.65. The summed E-state index contributed by atoms with van der Waals surface area (Å²) in [5.74, 6) is -3.41. The largest absolute Gasteiger partial charge is 0.496 e. The zero-order valence-corrected chi connectivity index (χ0v) is 23.7. The maximum atomic E-state index is 15.1. The Morgan fingerprint density at radius 2 is 1.71 bits per heavy atom. The Kier molecular flexibility index (Phi) is 8.73. The summed E-state index contributed by atoms with van der Waals surface area (Å²) in [4.78, 5) is 38.3. The molecule has 7 nitrogen and oxygen atoms in total. The number of thioether (sulfide) groups is 1. The number of carboxylic acid groups (broad SMARTS) is 1. The fourth-order valence-corrected chi connectivity index (χ4v) is 7.58. The molecule has 5 rings (SSSR count). The van der Waals surface area contributed by atoms with Gasteiger partial charge in [0, 0.05) is 22.7 Å². The van der Waals surface area contributed by atoms with Crippen molar-refractivity contribution >= 4 is 35.2 Å². The highest BCUT2D eigenvalue weighted by molar-refractivity contribution is 8.00. The molecule has 4 atom stereocenters. The number of rotatable bonds is 8. The van der Waals surface area contributed by atoms with Gasteiger partial charge in [-0.1, -0.05) is 6.07 Å². The summed E-state index contributed by atoms with van der Waals surface area (Å²) in [6.45, 7) is 0. The number of hydrogen-bond donors (Lipinski definition) is 3. The number of amides is 2. The van der Waals surface area contributed by atoms with E-state index in [4.69, 9.17) is 4.74 Å². The minimum atomic E-state index is -4.46. The van der Waals surface area contributed by atoms with E-state index in [0.29, 0.717) is 31.2 Å². The van der Waals surface area contributed by atoms with Crippen molar-refractivity contribution in [2.75, 3.05) is 12.4 Å². The van der Waals surface area contributed by atoms with Crippen molar-refractivity contribution in [3.63, 3.8) is 0 Å². The van der Waals surface area contributed by atoms with E-state index in [9.17, 15) is 32.7 Å². The molecule has 0 spiro atoms. The molecule has 3 saturated carbocycles. The Balaban J connectivity index is 1.33. The molecule has 0 radical (unpaired) electrons. The summed E-state index contributed by atoms with van der Waals surface area (Å²) >= 11 is -0.263. The smallest absolute Gasteiger partial charge is 0.446 e. The van der Waals surface area contributed by atoms with Gasteiger partial charge in [-0.2, -0.15) is 13.2 Å². The summed E-state index contributed by atoms with van der Waals surface area (Å²) in [6, 6.07) is 7.69. The van der Waals surface area contributed by atoms with Crippen LogP contribution in [0.1, 0.15) is 66.8 Å². The number of carbonyl (C=O) groups is 3. The second-order valence-electron chi connectivity index (χ2n) is 11.4. The van der Waals surface area contributed by atoms with Crippen LogP contribution < -0.4 is 15.4 Å². The number of alkyl halides is 3. The molecule has 2 bridgehead atoms. The fraction of sp³-hybridized carbons (Fsp3) is 0.500. The van der Waals surface area contributed by atoms with Crippen molar-refractivity contribution in [1.82, 2.24) is 5.32 Å². The Bertz CT molecular complexity index is 1360. The number of halogens is 4. The highest BCUT2D eigenvalue weighted by Gasteiger charge is 2.51. The van der Waals surface area contributed by atoms with Crippen molar-refractivity contribution in [2.24, 2.45) is 23.7 Å². The lowest BCUT2D eigenvalue weighted by atomic mass is 9.78. The number of methoxy groups -OCH3 is 1. The molecule has 2 amide bonds. The highest BCUT2D eigenvalue weighted by Crippen LogP contribution is 2.49. The molecule has 4 unspecified atom stereocenters. The number of nitrogens with one attached hydrogen (secondary N) is 2. The van der Waals surface area contributed by atoms with E-state index in [1.54, 1.807) is 0 Å². The first kappa shape index (κ1) is 30.2. The zero-order chi connectivity index (χ0) is 30.2. The van der Waals surface area contributed by atoms with Gasteiger partial charge in [0.25, 0.3) is 5.91 Å². The SMILES string of the molecule is COc1cc(F)c(C2CCC(C(=O)O)CC2)cc1C(=O)NC1C2CCC(C2)C1C(=O)Nc1cccc(SC(F)(F)F)c1. The van der Waals surface area contributed by atoms with E-state index in [2.05, 4.69) is 10.6 Å². The molecule has 3 N–H and O–H groups in total. The quantitative estimate of drug-likeness (QED) is 0.231. The summed E-state index contributed by atoms with van der Waals surface area (Å²) in [5, 5.41) is 15.0. The van der Waals surface area contributed by atoms with Gasteiger partial charge >= 0.3 is 11.5 Å². The fourth-order valence-electron chi connectivity index (χ4n) is 6.98. The molecule has 226 valence electrons. The van der Waals surface area contributed by atoms with E-state index in [1.165, 1.54) is 43.5 Å². The molecule has 0 aromatic heterocycles. The molecular formula is C30H32F4N2O5S. The standard InChI is InChI=1S/C30H32F4N2O5S/c1-41-24-14-23(31)21(15-5-7-16(8-6-15)29(39)40)13-22(24)27(37)36-26-18-10-9-17(11-18)25(26)28(38)35-19-3-2-4-20(12-19)42-30(32,33)34/h2-4,12-18,25-26H,5-11H2,1H3,(H,35,38)(H,36,37)(H,39,40). The van der Waals surface area contributed by atoms with Crippen molar-refractivity contribution in [1.29, 1.82) is 0 Å². The Morgan fingerprint density at radius 3 is 2.38 bits per heavy atom. The van der Waals surface area contributed by atoms with Gasteiger partial charge in [-0.3, -0.25) is 14.4 Å². The zero-order valence-electron chi connectivity index (χ0n) is 22.9. The van der Waals surface area contributed by atoms with Gasteiger partial charge in [-0.05, 0) is 104 Å². The molecule has 3 fully saturated rings. The number of fused-ring (bicyclic) bond motifs is 2. The molecule has 2 aromatic carbocycles. The van der Waals surface area contributed by atoms with Gasteiger partial charge in [0.2, 0.25) is 5.91 Å². The lowest BCUT2D eigenvalue weighted by Gasteiger charge is -2.31. The number of carbonyl (C=O) groups excluding carboxylic acids is 2. The van der Waals surface area contributed by atoms with Crippen LogP contribution in [-0.2, 0) is 9.59 Å². The molecule has 12 heteroatoms. The average molecular weight is 609 g/mol. The number of aliphatic carboxylic acids is 1. The molecule has 2 aromatic rings. The molecule has 42 heavy (non-hydrogen) atoms. The van der Waals surface area contributed by atoms with Gasteiger partial charge in [-0.25, -0.2) is 4.39 Å². The van der Waals surface area contributed by atoms with Crippen LogP contribution in [0.3, 0.4) is 0 Å². The third kappa shape index (κ3) is 6.53. The summed E-state index contributed by atoms with van der Waals surface area (Å²) in [7, 11) is 1.34. The summed E-state index contributed by atoms with van der Waals surface area (Å²) < 4.78 is 58.9. The number of carboxylic acids is 1. The lowest BCUT2D eigenvalue weighted by molar-refractivity contribution is -0.142. The van der Waals surface area contributed by atoms with Crippen LogP contribution in [0.25, 0.3) is 0 Å². The normalized spacial score (nSPS) is 27.0. The Morgan fingerprint density at radius 1 is 1.00 bits per heavy atom. The van der Waals surface area contributed by atoms with Crippen LogP contribution in [0.4, 0.5) is 23.2 Å². The maximum absolute atomic E-state index is 15.1. The first-order valence-electron chi connectivity index (χ1n) is 14.0. The van der Waals surface area contributed by atoms with Gasteiger partial charge in [0.1, 0.15) is 11.6 Å². The van der Waals surface area contributed by atoms with Crippen molar-refractivity contribution in [2.45, 2.75) is 67.3 Å². The van der Waals surface area contributed by atoms with Gasteiger partial charge in [0.15, 0.2) is 0 Å². The van der Waals surface area contributed by atoms with E-state index in [1.807, 2.05) is 0 Å². The second-order valence-corrected chi connectivity index (χ2v) is 12.5. The monoisotopic (exact) mass is 608 g/mol. The minimum Gasteiger partial charge on any atom is -0.496 e. The van der Waals surface area contributed by atoms with Crippen LogP contribution in [0.2, 0.25) is 0 Å². The van der Waals surface area contributed by atoms with Crippen molar-refractivity contribution in [3.8, 4) is 5.75 Å². The van der Waals surface area contributed by atoms with E-state index < -0.39 is 41.1 Å². The number of hydrogen-bond acceptors (Lipinski definition) is 5. The molecular weight excluding hydrogens is 576 g/mol. The van der Waals surface area contributed by atoms with E-state index in [0.717, 1.165) is 19.3 Å². The topological polar surface area (TPSA) is 105 Å². The molecule has 0 aliphatic heterocycles. The van der Waals surface area contributed by atoms with E-state index >= 15 is 4.39 Å². The van der Waals surface area contributed by atoms with Crippen LogP contribution in [0.15, 0.2) is 41.3 Å². The predicted molar refractivity (Wildman–Crippen MR) is 148 cm³/mol. The lowest BCUT2D eigenvalue weighted by Crippen LogP contribution is -2.48. The average Bonchev–Trinajstić information content (AvgIpc) is 3.54. The van der Waals surface area contributed by atoms with E-state index in [-0.39, 0.29) is 57.3 Å². The van der Waals surface area contributed by atoms with Crippen molar-refractivity contribution < 1.29 is 41.8 Å². The van der Waals surface area contributed by atoms with Crippen LogP contribution >= 0.6 is 11.8 Å². The number of ether oxygens (including phenoxy) is 1. The number of benzene rings is 2. The van der Waals surface area contributed by atoms with Gasteiger partial charge in [-0.15, -0.1) is 0 Å². The van der Waals surface area contributed by atoms with Crippen LogP contribution in [0, 0.1) is 29.5 Å². The van der Waals surface area contributed by atoms with Gasteiger partial charge < -0.3 is 20.5 Å². The minimum absolute atomic E-state index is 0.0168. The first-order chi connectivity index (χ1) is 19.9. The molecule has 3 aliphatic carbocycles. The molecule has 3 aliphatic rings.